The van der Waals surface area contributed by atoms with Crippen molar-refractivity contribution >= 4 is 61.4 Å². The first-order valence-electron chi connectivity index (χ1n) is 6.79. The number of carbonyl (C=O) groups is 1. The van der Waals surface area contributed by atoms with E-state index in [1.807, 2.05) is 12.1 Å². The number of cyclic esters (lactones) is 1. The van der Waals surface area contributed by atoms with E-state index in [1.54, 1.807) is 37.5 Å². The fourth-order valence-electron chi connectivity index (χ4n) is 2.20. The molecule has 0 aromatic heterocycles. The Balaban J connectivity index is 2.04. The highest BCUT2D eigenvalue weighted by atomic mass is 79.9. The van der Waals surface area contributed by atoms with Crippen molar-refractivity contribution in [1.82, 2.24) is 0 Å². The summed E-state index contributed by atoms with van der Waals surface area (Å²) in [5.41, 5.74) is 1.52. The summed E-state index contributed by atoms with van der Waals surface area (Å²) >= 11 is 12.8. The molecule has 0 N–H and O–H groups in total. The molecule has 0 aliphatic carbocycles. The average molecular weight is 472 g/mol. The maximum atomic E-state index is 12.1. The molecule has 0 radical (unpaired) electrons. The van der Waals surface area contributed by atoms with Gasteiger partial charge in [-0.2, -0.15) is 0 Å². The minimum atomic E-state index is -0.525. The van der Waals surface area contributed by atoms with Crippen LogP contribution in [0, 0.1) is 0 Å². The molecule has 0 unspecified atom stereocenters. The summed E-state index contributed by atoms with van der Waals surface area (Å²) in [4.78, 5) is 16.4. The van der Waals surface area contributed by atoms with Gasteiger partial charge in [-0.15, -0.1) is 0 Å². The third-order valence-corrected chi connectivity index (χ3v) is 4.51. The number of benzene rings is 2. The fourth-order valence-corrected chi connectivity index (χ4v) is 3.81. The lowest BCUT2D eigenvalue weighted by atomic mass is 10.1. The molecule has 24 heavy (non-hydrogen) atoms. The summed E-state index contributed by atoms with van der Waals surface area (Å²) in [6, 6.07) is 10.7. The van der Waals surface area contributed by atoms with Crippen molar-refractivity contribution in [1.29, 1.82) is 0 Å². The number of hydrogen-bond acceptors (Lipinski definition) is 4. The first-order valence-corrected chi connectivity index (χ1v) is 8.76. The molecule has 2 aromatic carbocycles. The maximum Gasteiger partial charge on any atom is 0.363 e. The van der Waals surface area contributed by atoms with Gasteiger partial charge in [0, 0.05) is 20.6 Å². The van der Waals surface area contributed by atoms with E-state index in [2.05, 4.69) is 36.9 Å². The van der Waals surface area contributed by atoms with Gasteiger partial charge in [-0.3, -0.25) is 0 Å². The predicted octanol–water partition coefficient (Wildman–Crippen LogP) is 5.22. The first-order chi connectivity index (χ1) is 11.5. The summed E-state index contributed by atoms with van der Waals surface area (Å²) in [5, 5.41) is 0.543. The number of hydrogen-bond donors (Lipinski definition) is 0. The van der Waals surface area contributed by atoms with Gasteiger partial charge in [0.1, 0.15) is 5.75 Å². The molecule has 0 fully saturated rings. The van der Waals surface area contributed by atoms with Gasteiger partial charge in [0.25, 0.3) is 0 Å². The van der Waals surface area contributed by atoms with E-state index in [9.17, 15) is 4.79 Å². The molecule has 0 bridgehead atoms. The normalized spacial score (nSPS) is 15.4. The number of esters is 1. The monoisotopic (exact) mass is 469 g/mol. The number of nitrogens with zero attached hydrogens (tertiary/aromatic N) is 1. The summed E-state index contributed by atoms with van der Waals surface area (Å²) in [6.07, 6.45) is 1.62. The second kappa shape index (κ2) is 7.09. The van der Waals surface area contributed by atoms with Crippen LogP contribution < -0.4 is 4.74 Å². The largest absolute Gasteiger partial charge is 0.495 e. The highest BCUT2D eigenvalue weighted by molar-refractivity contribution is 9.11. The van der Waals surface area contributed by atoms with Crippen molar-refractivity contribution in [2.45, 2.75) is 0 Å². The third kappa shape index (κ3) is 3.55. The van der Waals surface area contributed by atoms with E-state index in [4.69, 9.17) is 21.1 Å². The van der Waals surface area contributed by atoms with E-state index in [0.29, 0.717) is 21.9 Å². The quantitative estimate of drug-likeness (QED) is 0.456. The van der Waals surface area contributed by atoms with Crippen molar-refractivity contribution in [2.75, 3.05) is 7.11 Å². The Hall–Kier alpha value is -1.63. The summed E-state index contributed by atoms with van der Waals surface area (Å²) < 4.78 is 12.2. The lowest BCUT2D eigenvalue weighted by Crippen LogP contribution is -2.05. The van der Waals surface area contributed by atoms with E-state index in [0.717, 1.165) is 8.95 Å². The van der Waals surface area contributed by atoms with Gasteiger partial charge in [-0.1, -0.05) is 33.6 Å². The minimum Gasteiger partial charge on any atom is -0.495 e. The number of aliphatic imine (C=N–C) groups is 1. The number of ether oxygens (including phenoxy) is 2. The first kappa shape index (κ1) is 17.2. The molecule has 0 saturated heterocycles. The molecule has 122 valence electrons. The topological polar surface area (TPSA) is 47.9 Å². The molecule has 0 amide bonds. The predicted molar refractivity (Wildman–Crippen MR) is 100 cm³/mol. The van der Waals surface area contributed by atoms with Gasteiger partial charge in [0.05, 0.1) is 11.6 Å². The molecule has 3 rings (SSSR count). The van der Waals surface area contributed by atoms with E-state index < -0.39 is 5.97 Å². The lowest BCUT2D eigenvalue weighted by molar-refractivity contribution is -0.129. The Labute approximate surface area is 160 Å². The van der Waals surface area contributed by atoms with Crippen molar-refractivity contribution < 1.29 is 14.3 Å². The van der Waals surface area contributed by atoms with Crippen molar-refractivity contribution in [2.24, 2.45) is 4.99 Å². The Kier molecular flexibility index (Phi) is 5.08. The number of rotatable bonds is 3. The van der Waals surface area contributed by atoms with Crippen LogP contribution in [-0.4, -0.2) is 19.0 Å². The van der Waals surface area contributed by atoms with Crippen LogP contribution in [0.1, 0.15) is 11.1 Å². The van der Waals surface area contributed by atoms with Crippen LogP contribution in [0.3, 0.4) is 0 Å². The molecule has 0 atom stereocenters. The number of halogens is 3. The molecule has 7 heteroatoms. The van der Waals surface area contributed by atoms with Crippen LogP contribution in [0.4, 0.5) is 0 Å². The van der Waals surface area contributed by atoms with Gasteiger partial charge in [0.15, 0.2) is 5.70 Å². The third-order valence-electron chi connectivity index (χ3n) is 3.23. The summed E-state index contributed by atoms with van der Waals surface area (Å²) in [7, 11) is 1.56. The van der Waals surface area contributed by atoms with Crippen LogP contribution in [0.2, 0.25) is 5.02 Å². The summed E-state index contributed by atoms with van der Waals surface area (Å²) in [6.45, 7) is 0. The molecular formula is C17H10Br2ClNO3. The van der Waals surface area contributed by atoms with Gasteiger partial charge < -0.3 is 9.47 Å². The molecule has 0 saturated carbocycles. The van der Waals surface area contributed by atoms with Crippen LogP contribution in [0.25, 0.3) is 6.08 Å². The van der Waals surface area contributed by atoms with Crippen molar-refractivity contribution in [3.05, 3.63) is 67.2 Å². The van der Waals surface area contributed by atoms with Crippen molar-refractivity contribution in [3.8, 4) is 5.75 Å². The van der Waals surface area contributed by atoms with Crippen LogP contribution in [-0.2, 0) is 9.53 Å². The molecular weight excluding hydrogens is 461 g/mol. The zero-order valence-electron chi connectivity index (χ0n) is 12.3. The SMILES string of the molecule is COc1c(Br)cc(Br)cc1/C=C1\N=C(c2cccc(Cl)c2)OC1=O. The van der Waals surface area contributed by atoms with Gasteiger partial charge in [-0.05, 0) is 52.3 Å². The highest BCUT2D eigenvalue weighted by Crippen LogP contribution is 2.34. The second-order valence-corrected chi connectivity index (χ2v) is 7.06. The molecule has 1 aliphatic heterocycles. The van der Waals surface area contributed by atoms with E-state index in [-0.39, 0.29) is 11.6 Å². The van der Waals surface area contributed by atoms with E-state index in [1.165, 1.54) is 0 Å². The zero-order chi connectivity index (χ0) is 17.3. The Morgan fingerprint density at radius 3 is 2.75 bits per heavy atom. The average Bonchev–Trinajstić information content (AvgIpc) is 2.88. The second-order valence-electron chi connectivity index (χ2n) is 4.86. The minimum absolute atomic E-state index is 0.188. The fraction of sp³-hybridized carbons (Fsp3) is 0.0588. The van der Waals surface area contributed by atoms with E-state index >= 15 is 0 Å². The van der Waals surface area contributed by atoms with Crippen LogP contribution in [0.15, 0.2) is 56.0 Å². The molecule has 1 heterocycles. The van der Waals surface area contributed by atoms with Crippen LogP contribution >= 0.6 is 43.5 Å². The van der Waals surface area contributed by atoms with Gasteiger partial charge in [0.2, 0.25) is 5.90 Å². The Morgan fingerprint density at radius 1 is 1.25 bits per heavy atom. The van der Waals surface area contributed by atoms with Gasteiger partial charge in [-0.25, -0.2) is 9.79 Å². The number of carbonyl (C=O) groups excluding carboxylic acids is 1. The molecule has 2 aromatic rings. The highest BCUT2D eigenvalue weighted by Gasteiger charge is 2.25. The molecule has 1 aliphatic rings. The van der Waals surface area contributed by atoms with Gasteiger partial charge >= 0.3 is 5.97 Å². The van der Waals surface area contributed by atoms with Crippen LogP contribution in [0.5, 0.6) is 5.75 Å². The number of methoxy groups -OCH3 is 1. The smallest absolute Gasteiger partial charge is 0.363 e. The summed E-state index contributed by atoms with van der Waals surface area (Å²) in [5.74, 6) is 0.301. The Morgan fingerprint density at radius 2 is 2.04 bits per heavy atom. The lowest BCUT2D eigenvalue weighted by Gasteiger charge is -2.08. The maximum absolute atomic E-state index is 12.1. The standard InChI is InChI=1S/C17H10Br2ClNO3/c1-23-15-10(5-11(18)8-13(15)19)7-14-17(22)24-16(21-14)9-3-2-4-12(20)6-9/h2-8H,1H3/b14-7-. The molecule has 0 spiro atoms. The molecule has 4 nitrogen and oxygen atoms in total. The van der Waals surface area contributed by atoms with Crippen molar-refractivity contribution in [3.63, 3.8) is 0 Å². The Bertz CT molecular complexity index is 893. The zero-order valence-corrected chi connectivity index (χ0v) is 16.3.